The van der Waals surface area contributed by atoms with E-state index in [0.717, 1.165) is 42.4 Å². The molecule has 3 unspecified atom stereocenters. The summed E-state index contributed by atoms with van der Waals surface area (Å²) in [5.74, 6) is 0.497. The minimum atomic E-state index is -4.44. The quantitative estimate of drug-likeness (QED) is 0.194. The number of amidine groups is 1. The molecule has 0 radical (unpaired) electrons. The molecular formula is C28H33F3N10. The van der Waals surface area contributed by atoms with E-state index in [1.54, 1.807) is 6.21 Å². The fraction of sp³-hybridized carbons (Fsp3) is 0.500. The first-order chi connectivity index (χ1) is 19.8. The summed E-state index contributed by atoms with van der Waals surface area (Å²) in [7, 11) is 0. The third-order valence-corrected chi connectivity index (χ3v) is 7.90. The van der Waals surface area contributed by atoms with Gasteiger partial charge in [0.2, 0.25) is 0 Å². The third-order valence-electron chi connectivity index (χ3n) is 7.90. The highest BCUT2D eigenvalue weighted by Crippen LogP contribution is 2.52. The number of hydrogen-bond donors (Lipinski definition) is 4. The van der Waals surface area contributed by atoms with Gasteiger partial charge in [0.15, 0.2) is 11.5 Å². The van der Waals surface area contributed by atoms with Crippen LogP contribution < -0.4 is 16.0 Å². The Morgan fingerprint density at radius 3 is 2.76 bits per heavy atom. The van der Waals surface area contributed by atoms with Crippen molar-refractivity contribution in [2.45, 2.75) is 81.0 Å². The lowest BCUT2D eigenvalue weighted by Gasteiger charge is -2.35. The van der Waals surface area contributed by atoms with Crippen molar-refractivity contribution in [1.29, 1.82) is 5.41 Å². The maximum atomic E-state index is 13.9. The van der Waals surface area contributed by atoms with Gasteiger partial charge in [-0.2, -0.15) is 18.3 Å². The molecule has 13 heteroatoms. The van der Waals surface area contributed by atoms with E-state index < -0.39 is 23.8 Å². The summed E-state index contributed by atoms with van der Waals surface area (Å²) < 4.78 is 41.7. The van der Waals surface area contributed by atoms with Crippen molar-refractivity contribution in [3.05, 3.63) is 47.2 Å². The smallest absolute Gasteiger partial charge is 0.347 e. The number of rotatable bonds is 9. The van der Waals surface area contributed by atoms with Gasteiger partial charge in [0.05, 0.1) is 18.3 Å². The van der Waals surface area contributed by atoms with Gasteiger partial charge in [0.25, 0.3) is 0 Å². The summed E-state index contributed by atoms with van der Waals surface area (Å²) in [4.78, 5) is 18.3. The number of allylic oxidation sites excluding steroid dienone is 4. The second-order valence-electron chi connectivity index (χ2n) is 11.0. The average molecular weight is 567 g/mol. The fourth-order valence-corrected chi connectivity index (χ4v) is 5.23. The molecular weight excluding hydrogens is 533 g/mol. The van der Waals surface area contributed by atoms with E-state index in [2.05, 4.69) is 48.8 Å². The number of alkyl halides is 3. The van der Waals surface area contributed by atoms with Gasteiger partial charge in [-0.15, -0.1) is 0 Å². The molecule has 216 valence electrons. The Bertz CT molecular complexity index is 1330. The largest absolute Gasteiger partial charge is 0.413 e. The fourth-order valence-electron chi connectivity index (χ4n) is 5.23. The van der Waals surface area contributed by atoms with Crippen LogP contribution in [0.1, 0.15) is 44.9 Å². The zero-order chi connectivity index (χ0) is 28.6. The highest BCUT2D eigenvalue weighted by molar-refractivity contribution is 6.23. The van der Waals surface area contributed by atoms with Gasteiger partial charge < -0.3 is 10.6 Å². The summed E-state index contributed by atoms with van der Waals surface area (Å²) >= 11 is 0. The second-order valence-corrected chi connectivity index (χ2v) is 11.0. The van der Waals surface area contributed by atoms with Crippen molar-refractivity contribution in [2.75, 3.05) is 6.54 Å². The van der Waals surface area contributed by atoms with E-state index in [4.69, 9.17) is 10.4 Å². The Balaban J connectivity index is 1.22. The van der Waals surface area contributed by atoms with Crippen LogP contribution in [0.25, 0.3) is 0 Å². The molecule has 3 aliphatic carbocycles. The Hall–Kier alpha value is -3.87. The zero-order valence-corrected chi connectivity index (χ0v) is 22.5. The van der Waals surface area contributed by atoms with E-state index in [0.29, 0.717) is 17.7 Å². The lowest BCUT2D eigenvalue weighted by molar-refractivity contribution is -0.155. The number of halogens is 3. The Kier molecular flexibility index (Phi) is 7.22. The number of fused-ring (bicyclic) bond motifs is 1. The molecule has 3 fully saturated rings. The predicted molar refractivity (Wildman–Crippen MR) is 155 cm³/mol. The number of guanidine groups is 1. The third kappa shape index (κ3) is 5.95. The molecule has 6 rings (SSSR count). The van der Waals surface area contributed by atoms with E-state index in [1.165, 1.54) is 17.9 Å². The first-order valence-electron chi connectivity index (χ1n) is 13.9. The standard InChI is InChI=1S/C28H33F3N10/c1-33-41(16-32)20-4-2-3-17(13-20)14-35-26-38-22-9-8-21(18-5-10-23(34-15-18)36-19-6-7-19)37-24(22)25(39-26)40-27(11-12-27)28(29,30)31/h3,5,8-9,13,15-16,19,22-24,32,36H,1-2,4,6-7,10-12,14H2,(H2,35,38,39,40). The molecule has 3 aliphatic heterocycles. The SMILES string of the molecule is C=NN(C=N)C1=CC(CN=C2NC(=NC3(C(F)(F)F)CC3)C3N=C(C4=CCC(NC5CC5)N=C4)C=CC3N2)=CCC1. The van der Waals surface area contributed by atoms with Crippen LogP contribution in [0, 0.1) is 5.41 Å². The van der Waals surface area contributed by atoms with Crippen LogP contribution in [0.15, 0.2) is 72.3 Å². The Labute approximate surface area is 236 Å². The maximum Gasteiger partial charge on any atom is 0.413 e. The molecule has 0 aromatic carbocycles. The molecule has 6 aliphatic rings. The number of hydrazone groups is 1. The van der Waals surface area contributed by atoms with E-state index in [-0.39, 0.29) is 31.4 Å². The normalized spacial score (nSPS) is 30.3. The minimum absolute atomic E-state index is 0.0418. The molecule has 0 aromatic heterocycles. The van der Waals surface area contributed by atoms with Gasteiger partial charge in [-0.1, -0.05) is 18.2 Å². The number of aliphatic imine (C=N–C) groups is 4. The van der Waals surface area contributed by atoms with Gasteiger partial charge in [0.1, 0.15) is 24.4 Å². The van der Waals surface area contributed by atoms with Gasteiger partial charge in [-0.25, -0.2) is 10.0 Å². The van der Waals surface area contributed by atoms with Crippen LogP contribution in [0.5, 0.6) is 0 Å². The highest BCUT2D eigenvalue weighted by atomic mass is 19.4. The van der Waals surface area contributed by atoms with Crippen LogP contribution in [0.3, 0.4) is 0 Å². The first kappa shape index (κ1) is 27.3. The molecule has 41 heavy (non-hydrogen) atoms. The summed E-state index contributed by atoms with van der Waals surface area (Å²) in [5.41, 5.74) is 1.18. The van der Waals surface area contributed by atoms with E-state index >= 15 is 0 Å². The Morgan fingerprint density at radius 1 is 1.27 bits per heavy atom. The Morgan fingerprint density at radius 2 is 2.10 bits per heavy atom. The van der Waals surface area contributed by atoms with E-state index in [9.17, 15) is 13.2 Å². The van der Waals surface area contributed by atoms with Gasteiger partial charge in [-0.05, 0) is 56.3 Å². The van der Waals surface area contributed by atoms with Gasteiger partial charge in [0, 0.05) is 36.7 Å². The summed E-state index contributed by atoms with van der Waals surface area (Å²) in [6, 6.07) is -0.521. The monoisotopic (exact) mass is 566 g/mol. The molecule has 0 bridgehead atoms. The van der Waals surface area contributed by atoms with Crippen molar-refractivity contribution in [2.24, 2.45) is 25.1 Å². The minimum Gasteiger partial charge on any atom is -0.347 e. The molecule has 4 N–H and O–H groups in total. The molecule has 1 saturated heterocycles. The van der Waals surface area contributed by atoms with Crippen LogP contribution in [0.2, 0.25) is 0 Å². The second kappa shape index (κ2) is 10.8. The number of hydrogen-bond acceptors (Lipinski definition) is 7. The summed E-state index contributed by atoms with van der Waals surface area (Å²) in [6.07, 6.45) is 12.8. The van der Waals surface area contributed by atoms with Crippen LogP contribution in [0.4, 0.5) is 13.2 Å². The molecule has 2 saturated carbocycles. The molecule has 10 nitrogen and oxygen atoms in total. The molecule has 0 spiro atoms. The van der Waals surface area contributed by atoms with Gasteiger partial charge in [-0.3, -0.25) is 25.7 Å². The first-order valence-corrected chi connectivity index (χ1v) is 13.9. The average Bonchev–Trinajstić information content (AvgIpc) is 3.90. The molecule has 3 heterocycles. The number of nitrogens with zero attached hydrogens (tertiary/aromatic N) is 6. The lowest BCUT2D eigenvalue weighted by Crippen LogP contribution is -2.62. The molecule has 0 amide bonds. The lowest BCUT2D eigenvalue weighted by atomic mass is 9.97. The highest BCUT2D eigenvalue weighted by Gasteiger charge is 2.64. The molecule has 0 aromatic rings. The van der Waals surface area contributed by atoms with E-state index in [1.807, 2.05) is 24.3 Å². The van der Waals surface area contributed by atoms with Crippen molar-refractivity contribution in [3.8, 4) is 0 Å². The summed E-state index contributed by atoms with van der Waals surface area (Å²) in [5, 5.41) is 22.5. The van der Waals surface area contributed by atoms with Crippen molar-refractivity contribution >= 4 is 36.8 Å². The predicted octanol–water partition coefficient (Wildman–Crippen LogP) is 3.38. The van der Waals surface area contributed by atoms with Crippen LogP contribution in [-0.4, -0.2) is 84.3 Å². The topological polar surface area (TPSA) is 125 Å². The van der Waals surface area contributed by atoms with Crippen molar-refractivity contribution in [3.63, 3.8) is 0 Å². The van der Waals surface area contributed by atoms with Gasteiger partial charge >= 0.3 is 6.18 Å². The zero-order valence-electron chi connectivity index (χ0n) is 22.5. The van der Waals surface area contributed by atoms with Crippen LogP contribution in [-0.2, 0) is 0 Å². The maximum absolute atomic E-state index is 13.9. The molecule has 3 atom stereocenters. The summed E-state index contributed by atoms with van der Waals surface area (Å²) in [6.45, 7) is 3.78. The number of nitrogens with one attached hydrogen (secondary N) is 4. The van der Waals surface area contributed by atoms with Crippen molar-refractivity contribution < 1.29 is 13.2 Å². The van der Waals surface area contributed by atoms with Crippen LogP contribution >= 0.6 is 0 Å². The number of dihydropyridines is 2. The van der Waals surface area contributed by atoms with Crippen molar-refractivity contribution in [1.82, 2.24) is 21.0 Å².